The van der Waals surface area contributed by atoms with Crippen LogP contribution in [-0.2, 0) is 24.2 Å². The van der Waals surface area contributed by atoms with Crippen molar-refractivity contribution in [2.24, 2.45) is 5.92 Å². The van der Waals surface area contributed by atoms with Gasteiger partial charge < -0.3 is 9.88 Å². The third-order valence-electron chi connectivity index (χ3n) is 7.23. The Balaban J connectivity index is 1.22. The first-order chi connectivity index (χ1) is 16.2. The van der Waals surface area contributed by atoms with Gasteiger partial charge in [-0.2, -0.15) is 0 Å². The Morgan fingerprint density at radius 2 is 1.79 bits per heavy atom. The van der Waals surface area contributed by atoms with Gasteiger partial charge in [-0.15, -0.1) is 0 Å². The molecule has 0 saturated heterocycles. The highest BCUT2D eigenvalue weighted by atomic mass is 16.1. The van der Waals surface area contributed by atoms with Gasteiger partial charge in [0.2, 0.25) is 5.91 Å². The number of aryl methyl sites for hydroxylation is 3. The molecule has 0 radical (unpaired) electrons. The molecular formula is C29H39N3O. The van der Waals surface area contributed by atoms with Crippen LogP contribution in [0.25, 0.3) is 11.0 Å². The largest absolute Gasteiger partial charge is 0.356 e. The van der Waals surface area contributed by atoms with E-state index >= 15 is 0 Å². The van der Waals surface area contributed by atoms with E-state index < -0.39 is 0 Å². The lowest BCUT2D eigenvalue weighted by Gasteiger charge is -2.22. The Morgan fingerprint density at radius 1 is 1.00 bits per heavy atom. The number of hydrogen-bond donors (Lipinski definition) is 1. The highest BCUT2D eigenvalue weighted by Crippen LogP contribution is 2.28. The number of para-hydroxylation sites is 2. The first-order valence-corrected chi connectivity index (χ1v) is 13.0. The molecule has 1 amide bonds. The summed E-state index contributed by atoms with van der Waals surface area (Å²) < 4.78 is 2.48. The van der Waals surface area contributed by atoms with Crippen molar-refractivity contribution in [1.82, 2.24) is 14.9 Å². The molecule has 0 bridgehead atoms. The summed E-state index contributed by atoms with van der Waals surface area (Å²) in [6, 6.07) is 16.7. The van der Waals surface area contributed by atoms with Crippen LogP contribution in [0.4, 0.5) is 0 Å². The molecule has 0 spiro atoms. The molecule has 4 heteroatoms. The maximum Gasteiger partial charge on any atom is 0.224 e. The fraction of sp³-hybridized carbons (Fsp3) is 0.517. The molecule has 1 saturated carbocycles. The van der Waals surface area contributed by atoms with E-state index in [0.717, 1.165) is 55.8 Å². The van der Waals surface area contributed by atoms with Crippen LogP contribution in [-0.4, -0.2) is 22.0 Å². The third-order valence-corrected chi connectivity index (χ3v) is 7.23. The number of fused-ring (bicyclic) bond motifs is 1. The minimum absolute atomic E-state index is 0.119. The van der Waals surface area contributed by atoms with Crippen LogP contribution in [0.15, 0.2) is 48.5 Å². The molecule has 0 atom stereocenters. The van der Waals surface area contributed by atoms with E-state index in [1.807, 2.05) is 18.2 Å². The zero-order valence-corrected chi connectivity index (χ0v) is 20.2. The molecular weight excluding hydrogens is 406 g/mol. The van der Waals surface area contributed by atoms with Gasteiger partial charge in [-0.3, -0.25) is 4.79 Å². The number of carbonyl (C=O) groups is 1. The highest BCUT2D eigenvalue weighted by Gasteiger charge is 2.16. The van der Waals surface area contributed by atoms with Crippen molar-refractivity contribution < 1.29 is 4.79 Å². The predicted octanol–water partition coefficient (Wildman–Crippen LogP) is 6.39. The van der Waals surface area contributed by atoms with Crippen LogP contribution in [0.1, 0.15) is 74.7 Å². The van der Waals surface area contributed by atoms with Gasteiger partial charge in [-0.05, 0) is 55.4 Å². The van der Waals surface area contributed by atoms with E-state index in [4.69, 9.17) is 4.98 Å². The number of hydrogen-bond acceptors (Lipinski definition) is 2. The Hall–Kier alpha value is -2.62. The fourth-order valence-electron chi connectivity index (χ4n) is 5.21. The van der Waals surface area contributed by atoms with Gasteiger partial charge >= 0.3 is 0 Å². The van der Waals surface area contributed by atoms with Gasteiger partial charge in [0.1, 0.15) is 5.82 Å². The average molecular weight is 446 g/mol. The summed E-state index contributed by atoms with van der Waals surface area (Å²) in [4.78, 5) is 17.2. The summed E-state index contributed by atoms with van der Waals surface area (Å²) in [6.07, 6.45) is 13.0. The Morgan fingerprint density at radius 3 is 2.64 bits per heavy atom. The van der Waals surface area contributed by atoms with Crippen molar-refractivity contribution in [2.75, 3.05) is 6.54 Å². The molecule has 1 aliphatic carbocycles. The number of benzene rings is 2. The molecule has 33 heavy (non-hydrogen) atoms. The molecule has 1 aromatic heterocycles. The Kier molecular flexibility index (Phi) is 8.57. The molecule has 1 heterocycles. The molecule has 2 aromatic carbocycles. The Labute approximate surface area is 198 Å². The molecule has 4 nitrogen and oxygen atoms in total. The quantitative estimate of drug-likeness (QED) is 0.348. The van der Waals surface area contributed by atoms with Gasteiger partial charge in [0, 0.05) is 19.5 Å². The fourth-order valence-corrected chi connectivity index (χ4v) is 5.21. The molecule has 1 N–H and O–H groups in total. The summed E-state index contributed by atoms with van der Waals surface area (Å²) in [7, 11) is 0. The van der Waals surface area contributed by atoms with E-state index in [9.17, 15) is 4.79 Å². The summed E-state index contributed by atoms with van der Waals surface area (Å²) in [5.41, 5.74) is 4.70. The SMILES string of the molecule is Cc1ccccc1CC(=O)NCCCCCc1nc2ccccc2n1CCC1CCCCC1. The van der Waals surface area contributed by atoms with Crippen LogP contribution in [0, 0.1) is 12.8 Å². The summed E-state index contributed by atoms with van der Waals surface area (Å²) in [5, 5.41) is 3.09. The smallest absolute Gasteiger partial charge is 0.224 e. The number of carbonyl (C=O) groups excluding carboxylic acids is 1. The lowest BCUT2D eigenvalue weighted by Crippen LogP contribution is -2.26. The lowest BCUT2D eigenvalue weighted by molar-refractivity contribution is -0.120. The highest BCUT2D eigenvalue weighted by molar-refractivity contribution is 5.78. The summed E-state index contributed by atoms with van der Waals surface area (Å²) >= 11 is 0. The monoisotopic (exact) mass is 445 g/mol. The van der Waals surface area contributed by atoms with Crippen LogP contribution >= 0.6 is 0 Å². The van der Waals surface area contributed by atoms with E-state index in [-0.39, 0.29) is 5.91 Å². The molecule has 1 aliphatic rings. The number of amides is 1. The predicted molar refractivity (Wildman–Crippen MR) is 136 cm³/mol. The van der Waals surface area contributed by atoms with Gasteiger partial charge in [0.15, 0.2) is 0 Å². The molecule has 0 unspecified atom stereocenters. The van der Waals surface area contributed by atoms with Crippen molar-refractivity contribution >= 4 is 16.9 Å². The van der Waals surface area contributed by atoms with Crippen LogP contribution < -0.4 is 5.32 Å². The maximum absolute atomic E-state index is 12.2. The number of nitrogens with zero attached hydrogens (tertiary/aromatic N) is 2. The van der Waals surface area contributed by atoms with Crippen LogP contribution in [0.3, 0.4) is 0 Å². The second-order valence-corrected chi connectivity index (χ2v) is 9.72. The van der Waals surface area contributed by atoms with Gasteiger partial charge in [0.05, 0.1) is 17.5 Å². The first kappa shape index (κ1) is 23.5. The number of unbranched alkanes of at least 4 members (excludes halogenated alkanes) is 2. The molecule has 3 aromatic rings. The van der Waals surface area contributed by atoms with Gasteiger partial charge in [-0.1, -0.05) is 74.9 Å². The molecule has 4 rings (SSSR count). The number of rotatable bonds is 11. The number of aromatic nitrogens is 2. The van der Waals surface area contributed by atoms with E-state index in [1.54, 1.807) is 0 Å². The van der Waals surface area contributed by atoms with Crippen molar-refractivity contribution in [3.63, 3.8) is 0 Å². The van der Waals surface area contributed by atoms with Crippen molar-refractivity contribution in [3.8, 4) is 0 Å². The van der Waals surface area contributed by atoms with E-state index in [1.165, 1.54) is 55.4 Å². The number of nitrogens with one attached hydrogen (secondary N) is 1. The van der Waals surface area contributed by atoms with Crippen molar-refractivity contribution in [3.05, 3.63) is 65.5 Å². The molecule has 176 valence electrons. The summed E-state index contributed by atoms with van der Waals surface area (Å²) in [6.45, 7) is 3.91. The average Bonchev–Trinajstić information content (AvgIpc) is 3.19. The number of imidazole rings is 1. The normalized spacial score (nSPS) is 14.6. The second kappa shape index (κ2) is 12.0. The zero-order valence-electron chi connectivity index (χ0n) is 20.2. The van der Waals surface area contributed by atoms with Gasteiger partial charge in [-0.25, -0.2) is 4.98 Å². The first-order valence-electron chi connectivity index (χ1n) is 13.0. The third kappa shape index (κ3) is 6.69. The standard InChI is InChI=1S/C29H39N3O/c1-23-12-7-8-15-25(23)22-29(33)30-20-11-3-6-18-28-31-26-16-9-10-17-27(26)32(28)21-19-24-13-4-2-5-14-24/h7-10,12,15-17,24H,2-6,11,13-14,18-22H2,1H3,(H,30,33). The lowest BCUT2D eigenvalue weighted by atomic mass is 9.87. The van der Waals surface area contributed by atoms with Crippen molar-refractivity contribution in [2.45, 2.75) is 84.1 Å². The minimum atomic E-state index is 0.119. The van der Waals surface area contributed by atoms with Crippen LogP contribution in [0.2, 0.25) is 0 Å². The summed E-state index contributed by atoms with van der Waals surface area (Å²) in [5.74, 6) is 2.24. The maximum atomic E-state index is 12.2. The molecule has 0 aliphatic heterocycles. The Bertz CT molecular complexity index is 1030. The van der Waals surface area contributed by atoms with Crippen LogP contribution in [0.5, 0.6) is 0 Å². The topological polar surface area (TPSA) is 46.9 Å². The second-order valence-electron chi connectivity index (χ2n) is 9.72. The minimum Gasteiger partial charge on any atom is -0.356 e. The van der Waals surface area contributed by atoms with Crippen molar-refractivity contribution in [1.29, 1.82) is 0 Å². The van der Waals surface area contributed by atoms with E-state index in [0.29, 0.717) is 6.42 Å². The molecule has 1 fully saturated rings. The zero-order chi connectivity index (χ0) is 22.9. The van der Waals surface area contributed by atoms with E-state index in [2.05, 4.69) is 47.1 Å². The van der Waals surface area contributed by atoms with Gasteiger partial charge in [0.25, 0.3) is 0 Å².